The van der Waals surface area contributed by atoms with Crippen LogP contribution in [0, 0.1) is 13.8 Å². The number of carbonyl (C=O) groups excluding carboxylic acids is 1. The van der Waals surface area contributed by atoms with Gasteiger partial charge in [-0.05, 0) is 81.8 Å². The molecule has 1 atom stereocenters. The van der Waals surface area contributed by atoms with Crippen molar-refractivity contribution in [3.8, 4) is 11.5 Å². The van der Waals surface area contributed by atoms with Crippen molar-refractivity contribution in [2.45, 2.75) is 44.8 Å². The highest BCUT2D eigenvalue weighted by Gasteiger charge is 2.37. The van der Waals surface area contributed by atoms with Crippen LogP contribution in [0.1, 0.15) is 25.0 Å². The highest BCUT2D eigenvalue weighted by Crippen LogP contribution is 2.38. The molecule has 7 nitrogen and oxygen atoms in total. The van der Waals surface area contributed by atoms with Crippen LogP contribution in [-0.4, -0.2) is 33.1 Å². The van der Waals surface area contributed by atoms with Crippen LogP contribution in [0.3, 0.4) is 0 Å². The van der Waals surface area contributed by atoms with Gasteiger partial charge >= 0.3 is 0 Å². The van der Waals surface area contributed by atoms with Gasteiger partial charge in [0.05, 0.1) is 23.2 Å². The molecular weight excluding hydrogens is 452 g/mol. The van der Waals surface area contributed by atoms with E-state index in [2.05, 4.69) is 5.32 Å². The zero-order chi connectivity index (χ0) is 24.5. The Balaban J connectivity index is 1.61. The van der Waals surface area contributed by atoms with Crippen LogP contribution < -0.4 is 19.1 Å². The Morgan fingerprint density at radius 2 is 1.65 bits per heavy atom. The number of rotatable bonds is 6. The number of nitrogens with one attached hydrogen (secondary N) is 1. The molecule has 0 aromatic heterocycles. The van der Waals surface area contributed by atoms with E-state index in [0.717, 1.165) is 11.1 Å². The molecule has 1 unspecified atom stereocenters. The highest BCUT2D eigenvalue weighted by atomic mass is 32.2. The summed E-state index contributed by atoms with van der Waals surface area (Å²) < 4.78 is 39.9. The van der Waals surface area contributed by atoms with Gasteiger partial charge in [-0.2, -0.15) is 0 Å². The summed E-state index contributed by atoms with van der Waals surface area (Å²) in [4.78, 5) is 13.2. The summed E-state index contributed by atoms with van der Waals surface area (Å²) in [5, 5.41) is 2.81. The van der Waals surface area contributed by atoms with Crippen molar-refractivity contribution < 1.29 is 22.7 Å². The lowest BCUT2D eigenvalue weighted by molar-refractivity contribution is -0.122. The second-order valence-corrected chi connectivity index (χ2v) is 10.5. The van der Waals surface area contributed by atoms with E-state index in [1.807, 2.05) is 33.8 Å². The molecule has 8 heteroatoms. The number of benzene rings is 3. The zero-order valence-electron chi connectivity index (χ0n) is 19.6. The van der Waals surface area contributed by atoms with E-state index >= 15 is 0 Å². The second kappa shape index (κ2) is 9.38. The summed E-state index contributed by atoms with van der Waals surface area (Å²) in [6.45, 7) is 7.50. The van der Waals surface area contributed by atoms with Gasteiger partial charge in [-0.1, -0.05) is 23.8 Å². The summed E-state index contributed by atoms with van der Waals surface area (Å²) in [7, 11) is -3.91. The minimum Gasteiger partial charge on any atom is -0.491 e. The SMILES string of the molecule is Cc1ccc(S(=O)(=O)N2CC(C(=O)Nc3ccc(OC(C)C)cc3)Oc3ccc(C)cc32)cc1. The van der Waals surface area contributed by atoms with Gasteiger partial charge in [0.1, 0.15) is 11.5 Å². The van der Waals surface area contributed by atoms with Crippen LogP contribution in [0.5, 0.6) is 11.5 Å². The van der Waals surface area contributed by atoms with Crippen molar-refractivity contribution in [1.29, 1.82) is 0 Å². The maximum Gasteiger partial charge on any atom is 0.267 e. The largest absolute Gasteiger partial charge is 0.491 e. The Morgan fingerprint density at radius 3 is 2.29 bits per heavy atom. The first-order valence-electron chi connectivity index (χ1n) is 11.1. The number of hydrogen-bond donors (Lipinski definition) is 1. The van der Waals surface area contributed by atoms with Crippen LogP contribution in [0.4, 0.5) is 11.4 Å². The maximum absolute atomic E-state index is 13.5. The third-order valence-electron chi connectivity index (χ3n) is 5.38. The van der Waals surface area contributed by atoms with Crippen molar-refractivity contribution >= 4 is 27.3 Å². The summed E-state index contributed by atoms with van der Waals surface area (Å²) in [5.74, 6) is 0.600. The average Bonchev–Trinajstić information content (AvgIpc) is 2.79. The number of anilines is 2. The monoisotopic (exact) mass is 480 g/mol. The zero-order valence-corrected chi connectivity index (χ0v) is 20.4. The van der Waals surface area contributed by atoms with E-state index in [1.165, 1.54) is 4.31 Å². The third kappa shape index (κ3) is 5.02. The molecule has 1 aliphatic rings. The molecular formula is C26H28N2O5S. The quantitative estimate of drug-likeness (QED) is 0.554. The Hall–Kier alpha value is -3.52. The first-order chi connectivity index (χ1) is 16.1. The van der Waals surface area contributed by atoms with Crippen molar-refractivity contribution in [3.63, 3.8) is 0 Å². The minimum absolute atomic E-state index is 0.0428. The lowest BCUT2D eigenvalue weighted by atomic mass is 10.1. The number of fused-ring (bicyclic) bond motifs is 1. The summed E-state index contributed by atoms with van der Waals surface area (Å²) in [6.07, 6.45) is -0.983. The molecule has 178 valence electrons. The molecule has 0 radical (unpaired) electrons. The Morgan fingerprint density at radius 1 is 1.00 bits per heavy atom. The lowest BCUT2D eigenvalue weighted by Crippen LogP contribution is -2.48. The molecule has 0 bridgehead atoms. The van der Waals surface area contributed by atoms with Crippen LogP contribution in [0.2, 0.25) is 0 Å². The maximum atomic E-state index is 13.5. The van der Waals surface area contributed by atoms with Gasteiger partial charge in [0.25, 0.3) is 15.9 Å². The lowest BCUT2D eigenvalue weighted by Gasteiger charge is -2.35. The van der Waals surface area contributed by atoms with Gasteiger partial charge in [-0.25, -0.2) is 8.42 Å². The molecule has 1 amide bonds. The Bertz CT molecular complexity index is 1290. The van der Waals surface area contributed by atoms with Gasteiger partial charge in [0.2, 0.25) is 0 Å². The van der Waals surface area contributed by atoms with E-state index < -0.39 is 22.0 Å². The summed E-state index contributed by atoms with van der Waals surface area (Å²) >= 11 is 0. The number of amides is 1. The summed E-state index contributed by atoms with van der Waals surface area (Å²) in [5.41, 5.74) is 2.82. The number of ether oxygens (including phenoxy) is 2. The summed E-state index contributed by atoms with van der Waals surface area (Å²) in [6, 6.07) is 18.9. The Kier molecular flexibility index (Phi) is 6.52. The second-order valence-electron chi connectivity index (χ2n) is 8.61. The predicted octanol–water partition coefficient (Wildman–Crippen LogP) is 4.69. The van der Waals surface area contributed by atoms with Gasteiger partial charge in [0.15, 0.2) is 6.10 Å². The van der Waals surface area contributed by atoms with Crippen LogP contribution in [-0.2, 0) is 14.8 Å². The molecule has 1 heterocycles. The van der Waals surface area contributed by atoms with Crippen molar-refractivity contribution in [2.24, 2.45) is 0 Å². The van der Waals surface area contributed by atoms with Gasteiger partial charge < -0.3 is 14.8 Å². The fourth-order valence-corrected chi connectivity index (χ4v) is 5.14. The molecule has 4 rings (SSSR count). The molecule has 0 aliphatic carbocycles. The topological polar surface area (TPSA) is 84.9 Å². The average molecular weight is 481 g/mol. The van der Waals surface area contributed by atoms with Gasteiger partial charge in [0, 0.05) is 5.69 Å². The van der Waals surface area contributed by atoms with Crippen LogP contribution in [0.15, 0.2) is 71.6 Å². The number of hydrogen-bond acceptors (Lipinski definition) is 5. The molecule has 0 fully saturated rings. The molecule has 0 saturated carbocycles. The van der Waals surface area contributed by atoms with Crippen molar-refractivity contribution in [3.05, 3.63) is 77.9 Å². The number of carbonyl (C=O) groups is 1. The van der Waals surface area contributed by atoms with E-state index in [4.69, 9.17) is 9.47 Å². The molecule has 0 saturated heterocycles. The number of aryl methyl sites for hydroxylation is 2. The van der Waals surface area contributed by atoms with Crippen molar-refractivity contribution in [2.75, 3.05) is 16.2 Å². The normalized spacial score (nSPS) is 15.4. The van der Waals surface area contributed by atoms with Crippen LogP contribution in [0.25, 0.3) is 0 Å². The Labute approximate surface area is 200 Å². The number of nitrogens with zero attached hydrogens (tertiary/aromatic N) is 1. The molecule has 0 spiro atoms. The van der Waals surface area contributed by atoms with Gasteiger partial charge in [-0.15, -0.1) is 0 Å². The highest BCUT2D eigenvalue weighted by molar-refractivity contribution is 7.92. The molecule has 1 N–H and O–H groups in total. The third-order valence-corrected chi connectivity index (χ3v) is 7.17. The first-order valence-corrected chi connectivity index (χ1v) is 12.5. The molecule has 3 aromatic carbocycles. The van der Waals surface area contributed by atoms with E-state index in [0.29, 0.717) is 22.9 Å². The molecule has 1 aliphatic heterocycles. The molecule has 34 heavy (non-hydrogen) atoms. The molecule has 3 aromatic rings. The first kappa shape index (κ1) is 23.6. The standard InChI is InChI=1S/C26H28N2O5S/c1-17(2)32-21-10-8-20(9-11-21)27-26(29)25-16-28(23-15-19(4)7-14-24(23)33-25)34(30,31)22-12-5-18(3)6-13-22/h5-15,17,25H,16H2,1-4H3,(H,27,29). The van der Waals surface area contributed by atoms with E-state index in [9.17, 15) is 13.2 Å². The van der Waals surface area contributed by atoms with E-state index in [1.54, 1.807) is 60.7 Å². The predicted molar refractivity (Wildman–Crippen MR) is 132 cm³/mol. The van der Waals surface area contributed by atoms with Crippen LogP contribution >= 0.6 is 0 Å². The van der Waals surface area contributed by atoms with E-state index in [-0.39, 0.29) is 17.5 Å². The fraction of sp³-hybridized carbons (Fsp3) is 0.269. The van der Waals surface area contributed by atoms with Gasteiger partial charge in [-0.3, -0.25) is 9.10 Å². The number of sulfonamides is 1. The van der Waals surface area contributed by atoms with Crippen molar-refractivity contribution in [1.82, 2.24) is 0 Å². The fourth-order valence-electron chi connectivity index (χ4n) is 3.67. The minimum atomic E-state index is -3.91. The smallest absolute Gasteiger partial charge is 0.267 e.